The minimum absolute atomic E-state index is 0.0494. The van der Waals surface area contributed by atoms with Gasteiger partial charge >= 0.3 is 0 Å². The molecule has 2 aromatic heterocycles. The van der Waals surface area contributed by atoms with E-state index in [1.165, 1.54) is 0 Å². The van der Waals surface area contributed by atoms with Crippen LogP contribution in [-0.4, -0.2) is 16.2 Å². The predicted molar refractivity (Wildman–Crippen MR) is 102 cm³/mol. The predicted octanol–water partition coefficient (Wildman–Crippen LogP) is 3.51. The Morgan fingerprint density at radius 3 is 2.81 bits per heavy atom. The molecule has 27 heavy (non-hydrogen) atoms. The zero-order valence-electron chi connectivity index (χ0n) is 14.9. The van der Waals surface area contributed by atoms with Gasteiger partial charge in [0.1, 0.15) is 18.1 Å². The van der Waals surface area contributed by atoms with Crippen LogP contribution in [-0.2, 0) is 6.54 Å². The molecule has 0 unspecified atom stereocenters. The molecule has 0 radical (unpaired) electrons. The summed E-state index contributed by atoms with van der Waals surface area (Å²) in [5.41, 5.74) is 4.41. The molecule has 0 saturated carbocycles. The van der Waals surface area contributed by atoms with Crippen LogP contribution in [0.4, 0.5) is 0 Å². The van der Waals surface area contributed by atoms with E-state index in [0.717, 1.165) is 28.1 Å². The minimum Gasteiger partial charge on any atom is -0.489 e. The van der Waals surface area contributed by atoms with Gasteiger partial charge in [0.2, 0.25) is 0 Å². The summed E-state index contributed by atoms with van der Waals surface area (Å²) in [4.78, 5) is 17.2. The Labute approximate surface area is 156 Å². The number of pyridine rings is 2. The topological polar surface area (TPSA) is 53.4 Å². The Morgan fingerprint density at radius 2 is 1.96 bits per heavy atom. The monoisotopic (exact) mass is 358 g/mol. The first-order valence-corrected chi connectivity index (χ1v) is 8.93. The van der Waals surface area contributed by atoms with Gasteiger partial charge in [-0.05, 0) is 36.8 Å². The fraction of sp³-hybridized carbons (Fsp3) is 0.182. The van der Waals surface area contributed by atoms with E-state index in [4.69, 9.17) is 9.47 Å². The van der Waals surface area contributed by atoms with Crippen LogP contribution in [0.2, 0.25) is 0 Å². The summed E-state index contributed by atoms with van der Waals surface area (Å²) >= 11 is 0. The summed E-state index contributed by atoms with van der Waals surface area (Å²) in [5.74, 6) is 1.47. The molecule has 0 amide bonds. The molecule has 1 aromatic carbocycles. The van der Waals surface area contributed by atoms with E-state index >= 15 is 0 Å². The first-order chi connectivity index (χ1) is 13.2. The summed E-state index contributed by atoms with van der Waals surface area (Å²) in [6.45, 7) is 2.87. The van der Waals surface area contributed by atoms with Gasteiger partial charge in [0.25, 0.3) is 5.56 Å². The van der Waals surface area contributed by atoms with Crippen molar-refractivity contribution in [2.45, 2.75) is 19.6 Å². The van der Waals surface area contributed by atoms with Crippen molar-refractivity contribution < 1.29 is 9.47 Å². The molecule has 4 heterocycles. The molecule has 0 saturated heterocycles. The average Bonchev–Trinajstić information content (AvgIpc) is 2.71. The highest BCUT2D eigenvalue weighted by Crippen LogP contribution is 2.42. The number of aryl methyl sites for hydroxylation is 1. The largest absolute Gasteiger partial charge is 0.489 e. The van der Waals surface area contributed by atoms with Gasteiger partial charge < -0.3 is 14.0 Å². The lowest BCUT2D eigenvalue weighted by Crippen LogP contribution is -2.30. The number of para-hydroxylation sites is 1. The molecule has 2 aliphatic heterocycles. The zero-order valence-corrected chi connectivity index (χ0v) is 14.9. The van der Waals surface area contributed by atoms with Crippen molar-refractivity contribution in [2.24, 2.45) is 0 Å². The third-order valence-electron chi connectivity index (χ3n) is 5.10. The Kier molecular flexibility index (Phi) is 3.60. The van der Waals surface area contributed by atoms with E-state index in [0.29, 0.717) is 24.5 Å². The number of fused-ring (bicyclic) bond motifs is 4. The Hall–Kier alpha value is -3.34. The lowest BCUT2D eigenvalue weighted by molar-refractivity contribution is 0.188. The summed E-state index contributed by atoms with van der Waals surface area (Å²) in [5, 5.41) is 0. The number of aromatic nitrogens is 2. The van der Waals surface area contributed by atoms with Gasteiger partial charge in [-0.3, -0.25) is 9.78 Å². The van der Waals surface area contributed by atoms with Crippen molar-refractivity contribution in [3.05, 3.63) is 93.2 Å². The second kappa shape index (κ2) is 6.13. The van der Waals surface area contributed by atoms with E-state index in [2.05, 4.69) is 4.98 Å². The first kappa shape index (κ1) is 15.9. The molecule has 5 rings (SSSR count). The molecule has 134 valence electrons. The van der Waals surface area contributed by atoms with Gasteiger partial charge in [0.15, 0.2) is 6.10 Å². The molecule has 0 fully saturated rings. The molecule has 5 heteroatoms. The van der Waals surface area contributed by atoms with Crippen molar-refractivity contribution in [1.29, 1.82) is 0 Å². The van der Waals surface area contributed by atoms with Crippen molar-refractivity contribution in [2.75, 3.05) is 6.61 Å². The first-order valence-electron chi connectivity index (χ1n) is 8.93. The highest BCUT2D eigenvalue weighted by atomic mass is 16.5. The number of rotatable bonds is 2. The summed E-state index contributed by atoms with van der Waals surface area (Å²) in [6, 6.07) is 13.7. The highest BCUT2D eigenvalue weighted by Gasteiger charge is 2.32. The second-order valence-electron chi connectivity index (χ2n) is 6.85. The van der Waals surface area contributed by atoms with Gasteiger partial charge in [-0.1, -0.05) is 18.2 Å². The molecule has 5 nitrogen and oxygen atoms in total. The molecule has 2 aliphatic rings. The van der Waals surface area contributed by atoms with Crippen molar-refractivity contribution in [3.8, 4) is 11.5 Å². The standard InChI is InChI=1S/C22H18N2O3/c1-14-10-20-18(22(25)24(14)12-15-6-8-23-9-7-15)11-16-13-26-19-5-3-2-4-17(19)21(16)27-20/h2-11,21H,12-13H2,1H3/t21-/m1/s1. The van der Waals surface area contributed by atoms with E-state index in [9.17, 15) is 4.79 Å². The molecule has 0 N–H and O–H groups in total. The van der Waals surface area contributed by atoms with Crippen LogP contribution in [0.5, 0.6) is 11.5 Å². The van der Waals surface area contributed by atoms with Crippen LogP contribution in [0.15, 0.2) is 65.2 Å². The number of ether oxygens (including phenoxy) is 2. The van der Waals surface area contributed by atoms with Gasteiger partial charge in [0.05, 0.1) is 12.1 Å². The Bertz CT molecular complexity index is 1120. The SMILES string of the molecule is Cc1cc2c(c(=O)n1Cc1ccncc1)C=C1COc3ccccc3[C@@H]1O2. The fourth-order valence-corrected chi connectivity index (χ4v) is 3.69. The molecule has 3 aromatic rings. The molecule has 1 atom stereocenters. The molecule has 0 spiro atoms. The Morgan fingerprint density at radius 1 is 1.15 bits per heavy atom. The van der Waals surface area contributed by atoms with Crippen LogP contribution >= 0.6 is 0 Å². The normalized spacial score (nSPS) is 16.9. The van der Waals surface area contributed by atoms with E-state index in [-0.39, 0.29) is 11.7 Å². The van der Waals surface area contributed by atoms with E-state index in [1.54, 1.807) is 17.0 Å². The third-order valence-corrected chi connectivity index (χ3v) is 5.10. The van der Waals surface area contributed by atoms with E-state index < -0.39 is 0 Å². The fourth-order valence-electron chi connectivity index (χ4n) is 3.69. The van der Waals surface area contributed by atoms with Gasteiger partial charge in [-0.2, -0.15) is 0 Å². The van der Waals surface area contributed by atoms with E-state index in [1.807, 2.05) is 55.5 Å². The van der Waals surface area contributed by atoms with Crippen molar-refractivity contribution >= 4 is 6.08 Å². The highest BCUT2D eigenvalue weighted by molar-refractivity contribution is 5.65. The van der Waals surface area contributed by atoms with Crippen LogP contribution in [0.3, 0.4) is 0 Å². The quantitative estimate of drug-likeness (QED) is 0.703. The summed E-state index contributed by atoms with van der Waals surface area (Å²) in [6.07, 6.45) is 5.21. The Balaban J connectivity index is 1.59. The van der Waals surface area contributed by atoms with Crippen LogP contribution in [0.25, 0.3) is 6.08 Å². The second-order valence-corrected chi connectivity index (χ2v) is 6.85. The number of benzene rings is 1. The minimum atomic E-state index is -0.197. The maximum atomic E-state index is 13.1. The average molecular weight is 358 g/mol. The van der Waals surface area contributed by atoms with Crippen LogP contribution in [0, 0.1) is 6.92 Å². The van der Waals surface area contributed by atoms with Crippen LogP contribution < -0.4 is 15.0 Å². The molecular formula is C22H18N2O3. The van der Waals surface area contributed by atoms with Crippen LogP contribution in [0.1, 0.15) is 28.5 Å². The lowest BCUT2D eigenvalue weighted by atomic mass is 9.94. The lowest BCUT2D eigenvalue weighted by Gasteiger charge is -2.32. The van der Waals surface area contributed by atoms with Crippen molar-refractivity contribution in [1.82, 2.24) is 9.55 Å². The number of hydrogen-bond donors (Lipinski definition) is 0. The smallest absolute Gasteiger partial charge is 0.262 e. The molecule has 0 aliphatic carbocycles. The third kappa shape index (κ3) is 2.63. The zero-order chi connectivity index (χ0) is 18.4. The number of nitrogens with zero attached hydrogens (tertiary/aromatic N) is 2. The summed E-state index contributed by atoms with van der Waals surface area (Å²) < 4.78 is 13.9. The molecular weight excluding hydrogens is 340 g/mol. The summed E-state index contributed by atoms with van der Waals surface area (Å²) in [7, 11) is 0. The van der Waals surface area contributed by atoms with Gasteiger partial charge in [-0.25, -0.2) is 0 Å². The number of hydrogen-bond acceptors (Lipinski definition) is 4. The molecule has 0 bridgehead atoms. The maximum Gasteiger partial charge on any atom is 0.262 e. The maximum absolute atomic E-state index is 13.1. The van der Waals surface area contributed by atoms with Gasteiger partial charge in [0, 0.05) is 35.3 Å². The van der Waals surface area contributed by atoms with Crippen molar-refractivity contribution in [3.63, 3.8) is 0 Å². The van der Waals surface area contributed by atoms with Gasteiger partial charge in [-0.15, -0.1) is 0 Å².